The lowest BCUT2D eigenvalue weighted by Crippen LogP contribution is -2.49. The van der Waals surface area contributed by atoms with Gasteiger partial charge >= 0.3 is 5.97 Å². The van der Waals surface area contributed by atoms with Gasteiger partial charge in [0.1, 0.15) is 12.3 Å². The molecule has 27 heavy (non-hydrogen) atoms. The Hall–Kier alpha value is -2.57. The fourth-order valence-electron chi connectivity index (χ4n) is 3.80. The molecule has 2 heterocycles. The van der Waals surface area contributed by atoms with Gasteiger partial charge in [-0.05, 0) is 45.2 Å². The van der Waals surface area contributed by atoms with Crippen LogP contribution in [0.5, 0.6) is 5.75 Å². The average molecular weight is 374 g/mol. The van der Waals surface area contributed by atoms with Gasteiger partial charge in [-0.2, -0.15) is 0 Å². The van der Waals surface area contributed by atoms with Crippen LogP contribution in [0.3, 0.4) is 0 Å². The van der Waals surface area contributed by atoms with E-state index in [1.54, 1.807) is 23.1 Å². The Balaban J connectivity index is 1.60. The van der Waals surface area contributed by atoms with E-state index in [4.69, 9.17) is 9.47 Å². The van der Waals surface area contributed by atoms with Crippen molar-refractivity contribution in [3.8, 4) is 5.75 Å². The van der Waals surface area contributed by atoms with Crippen LogP contribution in [0.1, 0.15) is 39.5 Å². The van der Waals surface area contributed by atoms with Gasteiger partial charge in [-0.3, -0.25) is 19.3 Å². The number of anilines is 1. The summed E-state index contributed by atoms with van der Waals surface area (Å²) in [7, 11) is 0. The molecule has 3 rings (SSSR count). The zero-order chi connectivity index (χ0) is 19.4. The van der Waals surface area contributed by atoms with Gasteiger partial charge in [0.15, 0.2) is 6.61 Å². The summed E-state index contributed by atoms with van der Waals surface area (Å²) in [5, 5.41) is 0. The van der Waals surface area contributed by atoms with E-state index in [1.807, 2.05) is 19.9 Å². The fourth-order valence-corrected chi connectivity index (χ4v) is 3.80. The summed E-state index contributed by atoms with van der Waals surface area (Å²) in [6.07, 6.45) is 3.21. The van der Waals surface area contributed by atoms with Crippen molar-refractivity contribution in [2.45, 2.75) is 51.6 Å². The van der Waals surface area contributed by atoms with E-state index in [2.05, 4.69) is 0 Å². The van der Waals surface area contributed by atoms with Crippen molar-refractivity contribution >= 4 is 23.5 Å². The second-order valence-electron chi connectivity index (χ2n) is 7.14. The highest BCUT2D eigenvalue weighted by Gasteiger charge is 2.30. The van der Waals surface area contributed by atoms with Crippen LogP contribution in [0.2, 0.25) is 0 Å². The number of esters is 1. The van der Waals surface area contributed by atoms with Gasteiger partial charge in [0.25, 0.3) is 5.91 Å². The summed E-state index contributed by atoms with van der Waals surface area (Å²) in [4.78, 5) is 40.3. The molecule has 2 aliphatic heterocycles. The maximum absolute atomic E-state index is 12.5. The van der Waals surface area contributed by atoms with Crippen molar-refractivity contribution in [3.63, 3.8) is 0 Å². The Bertz CT molecular complexity index is 710. The molecule has 2 atom stereocenters. The van der Waals surface area contributed by atoms with Crippen molar-refractivity contribution in [2.75, 3.05) is 24.7 Å². The number of para-hydroxylation sites is 2. The van der Waals surface area contributed by atoms with E-state index in [9.17, 15) is 14.4 Å². The quantitative estimate of drug-likeness (QED) is 0.755. The first-order chi connectivity index (χ1) is 13.0. The average Bonchev–Trinajstić information content (AvgIpc) is 2.79. The van der Waals surface area contributed by atoms with Gasteiger partial charge in [-0.1, -0.05) is 12.1 Å². The molecule has 1 aromatic rings. The predicted octanol–water partition coefficient (Wildman–Crippen LogP) is 2.13. The van der Waals surface area contributed by atoms with Crippen LogP contribution in [0.15, 0.2) is 24.3 Å². The van der Waals surface area contributed by atoms with E-state index in [0.717, 1.165) is 19.3 Å². The van der Waals surface area contributed by atoms with E-state index in [1.165, 1.54) is 4.90 Å². The second kappa shape index (κ2) is 8.41. The number of hydrogen-bond acceptors (Lipinski definition) is 5. The molecule has 2 amide bonds. The van der Waals surface area contributed by atoms with Crippen molar-refractivity contribution in [2.24, 2.45) is 0 Å². The number of carbonyl (C=O) groups is 3. The topological polar surface area (TPSA) is 76.2 Å². The minimum atomic E-state index is -0.606. The van der Waals surface area contributed by atoms with Gasteiger partial charge < -0.3 is 14.4 Å². The maximum Gasteiger partial charge on any atom is 0.326 e. The van der Waals surface area contributed by atoms with Crippen molar-refractivity contribution in [1.29, 1.82) is 0 Å². The molecule has 0 radical (unpaired) electrons. The SMILES string of the molecule is C[C@@H]1CCC[C@H](C)N1C(=O)COC(=O)CN1C(=O)CCOc2ccccc21. The standard InChI is InChI=1S/C20H26N2O5/c1-14-6-5-7-15(2)22(14)19(24)13-27-20(25)12-21-16-8-3-4-9-17(16)26-11-10-18(21)23/h3-4,8-9,14-15H,5-7,10-13H2,1-2H3/t14-,15+. The summed E-state index contributed by atoms with van der Waals surface area (Å²) in [6.45, 7) is 3.76. The van der Waals surface area contributed by atoms with Crippen molar-refractivity contribution < 1.29 is 23.9 Å². The lowest BCUT2D eigenvalue weighted by molar-refractivity contribution is -0.154. The van der Waals surface area contributed by atoms with Crippen LogP contribution in [-0.4, -0.2) is 54.5 Å². The van der Waals surface area contributed by atoms with Crippen molar-refractivity contribution in [3.05, 3.63) is 24.3 Å². The molecule has 1 saturated heterocycles. The first-order valence-corrected chi connectivity index (χ1v) is 9.46. The number of likely N-dealkylation sites (tertiary alicyclic amines) is 1. The molecule has 0 spiro atoms. The summed E-state index contributed by atoms with van der Waals surface area (Å²) < 4.78 is 10.8. The Morgan fingerprint density at radius 3 is 2.63 bits per heavy atom. The Morgan fingerprint density at radius 1 is 1.19 bits per heavy atom. The third kappa shape index (κ3) is 4.40. The summed E-state index contributed by atoms with van der Waals surface area (Å²) in [6, 6.07) is 7.38. The zero-order valence-electron chi connectivity index (χ0n) is 15.8. The molecule has 7 nitrogen and oxygen atoms in total. The number of rotatable bonds is 4. The minimum absolute atomic E-state index is 0.149. The number of fused-ring (bicyclic) bond motifs is 1. The van der Waals surface area contributed by atoms with E-state index in [-0.39, 0.29) is 50.1 Å². The van der Waals surface area contributed by atoms with Gasteiger partial charge in [-0.25, -0.2) is 0 Å². The van der Waals surface area contributed by atoms with Gasteiger partial charge in [0.05, 0.1) is 18.7 Å². The molecule has 0 bridgehead atoms. The summed E-state index contributed by atoms with van der Waals surface area (Å²) >= 11 is 0. The van der Waals surface area contributed by atoms with Crippen LogP contribution < -0.4 is 9.64 Å². The van der Waals surface area contributed by atoms with Crippen molar-refractivity contribution in [1.82, 2.24) is 4.90 Å². The van der Waals surface area contributed by atoms with E-state index in [0.29, 0.717) is 11.4 Å². The molecule has 0 saturated carbocycles. The number of ether oxygens (including phenoxy) is 2. The molecule has 0 N–H and O–H groups in total. The molecule has 2 aliphatic rings. The van der Waals surface area contributed by atoms with Crippen LogP contribution in [-0.2, 0) is 19.1 Å². The van der Waals surface area contributed by atoms with Gasteiger partial charge in [0, 0.05) is 12.1 Å². The molecule has 7 heteroatoms. The van der Waals surface area contributed by atoms with E-state index >= 15 is 0 Å². The fraction of sp³-hybridized carbons (Fsp3) is 0.550. The number of benzene rings is 1. The molecule has 0 aromatic heterocycles. The smallest absolute Gasteiger partial charge is 0.326 e. The predicted molar refractivity (Wildman–Crippen MR) is 99.5 cm³/mol. The summed E-state index contributed by atoms with van der Waals surface area (Å²) in [5.74, 6) is -0.440. The number of carbonyl (C=O) groups excluding carboxylic acids is 3. The number of nitrogens with zero attached hydrogens (tertiary/aromatic N) is 2. The molecule has 0 unspecified atom stereocenters. The van der Waals surface area contributed by atoms with Crippen LogP contribution in [0.4, 0.5) is 5.69 Å². The first kappa shape index (κ1) is 19.2. The number of hydrogen-bond donors (Lipinski definition) is 0. The van der Waals surface area contributed by atoms with Crippen LogP contribution in [0.25, 0.3) is 0 Å². The molecule has 1 fully saturated rings. The number of amides is 2. The lowest BCUT2D eigenvalue weighted by atomic mass is 9.97. The largest absolute Gasteiger partial charge is 0.491 e. The zero-order valence-corrected chi connectivity index (χ0v) is 15.8. The van der Waals surface area contributed by atoms with Gasteiger partial charge in [0.2, 0.25) is 5.91 Å². The third-order valence-electron chi connectivity index (χ3n) is 5.16. The Labute approximate surface area is 159 Å². The van der Waals surface area contributed by atoms with Crippen LogP contribution >= 0.6 is 0 Å². The monoisotopic (exact) mass is 374 g/mol. The molecule has 0 aliphatic carbocycles. The highest BCUT2D eigenvalue weighted by molar-refractivity contribution is 5.99. The molecular formula is C20H26N2O5. The maximum atomic E-state index is 12.5. The highest BCUT2D eigenvalue weighted by Crippen LogP contribution is 2.30. The Kier molecular flexibility index (Phi) is 5.98. The highest BCUT2D eigenvalue weighted by atomic mass is 16.5. The van der Waals surface area contributed by atoms with E-state index < -0.39 is 5.97 Å². The third-order valence-corrected chi connectivity index (χ3v) is 5.16. The normalized spacial score (nSPS) is 22.5. The lowest BCUT2D eigenvalue weighted by Gasteiger charge is -2.38. The molecule has 1 aromatic carbocycles. The first-order valence-electron chi connectivity index (χ1n) is 9.46. The Morgan fingerprint density at radius 2 is 1.89 bits per heavy atom. The van der Waals surface area contributed by atoms with Gasteiger partial charge in [-0.15, -0.1) is 0 Å². The second-order valence-corrected chi connectivity index (χ2v) is 7.14. The minimum Gasteiger partial charge on any atom is -0.491 e. The van der Waals surface area contributed by atoms with Crippen LogP contribution in [0, 0.1) is 0 Å². The summed E-state index contributed by atoms with van der Waals surface area (Å²) in [5.41, 5.74) is 0.543. The molecule has 146 valence electrons. The molecular weight excluding hydrogens is 348 g/mol. The number of piperidine rings is 1.